The van der Waals surface area contributed by atoms with Gasteiger partial charge >= 0.3 is 0 Å². The molecule has 0 spiro atoms. The zero-order chi connectivity index (χ0) is 12.3. The number of nitrogen functional groups attached to an aromatic ring is 1. The van der Waals surface area contributed by atoms with Gasteiger partial charge in [0.1, 0.15) is 11.0 Å². The Balaban J connectivity index is 2.14. The highest BCUT2D eigenvalue weighted by Crippen LogP contribution is 2.11. The molecule has 2 aromatic rings. The second kappa shape index (κ2) is 4.84. The maximum atomic E-state index is 11.8. The lowest BCUT2D eigenvalue weighted by atomic mass is 10.2. The predicted octanol–water partition coefficient (Wildman–Crippen LogP) is 2.57. The van der Waals surface area contributed by atoms with Crippen molar-refractivity contribution in [2.45, 2.75) is 0 Å². The minimum absolute atomic E-state index is 0.250. The van der Waals surface area contributed by atoms with Gasteiger partial charge in [0.05, 0.1) is 0 Å². The summed E-state index contributed by atoms with van der Waals surface area (Å²) in [6.45, 7) is 0. The van der Waals surface area contributed by atoms with E-state index in [2.05, 4.69) is 10.3 Å². The van der Waals surface area contributed by atoms with Crippen molar-refractivity contribution in [3.63, 3.8) is 0 Å². The minimum Gasteiger partial charge on any atom is -0.399 e. The predicted molar refractivity (Wildman–Crippen MR) is 68.1 cm³/mol. The van der Waals surface area contributed by atoms with Crippen LogP contribution < -0.4 is 11.1 Å². The molecule has 0 aliphatic carbocycles. The lowest BCUT2D eigenvalue weighted by Crippen LogP contribution is -2.12. The van der Waals surface area contributed by atoms with Crippen molar-refractivity contribution in [2.24, 2.45) is 0 Å². The number of aromatic nitrogens is 1. The Morgan fingerprint density at radius 3 is 2.53 bits per heavy atom. The number of pyridine rings is 1. The van der Waals surface area contributed by atoms with Gasteiger partial charge in [-0.25, -0.2) is 4.98 Å². The van der Waals surface area contributed by atoms with Gasteiger partial charge in [0.25, 0.3) is 5.91 Å². The Bertz CT molecular complexity index is 540. The second-order valence-electron chi connectivity index (χ2n) is 3.42. The summed E-state index contributed by atoms with van der Waals surface area (Å²) in [5.74, 6) is 0.166. The zero-order valence-corrected chi connectivity index (χ0v) is 9.61. The molecule has 5 heteroatoms. The van der Waals surface area contributed by atoms with Crippen molar-refractivity contribution in [1.29, 1.82) is 0 Å². The van der Waals surface area contributed by atoms with Crippen LogP contribution in [-0.4, -0.2) is 10.9 Å². The Kier molecular flexibility index (Phi) is 3.25. The summed E-state index contributed by atoms with van der Waals surface area (Å²) >= 11 is 5.72. The average molecular weight is 248 g/mol. The van der Waals surface area contributed by atoms with Gasteiger partial charge in [-0.15, -0.1) is 0 Å². The lowest BCUT2D eigenvalue weighted by Gasteiger charge is -2.04. The smallest absolute Gasteiger partial charge is 0.256 e. The van der Waals surface area contributed by atoms with Crippen LogP contribution in [0.1, 0.15) is 10.4 Å². The number of carbonyl (C=O) groups is 1. The third-order valence-electron chi connectivity index (χ3n) is 2.13. The number of carbonyl (C=O) groups excluding carboxylic acids is 1. The van der Waals surface area contributed by atoms with Gasteiger partial charge in [-0.3, -0.25) is 4.79 Å². The fourth-order valence-corrected chi connectivity index (χ4v) is 1.46. The van der Waals surface area contributed by atoms with Crippen LogP contribution in [0.2, 0.25) is 5.15 Å². The molecule has 3 N–H and O–H groups in total. The Morgan fingerprint density at radius 2 is 1.88 bits per heavy atom. The molecule has 17 heavy (non-hydrogen) atoms. The van der Waals surface area contributed by atoms with E-state index in [0.29, 0.717) is 22.2 Å². The van der Waals surface area contributed by atoms with Crippen molar-refractivity contribution in [3.8, 4) is 0 Å². The van der Waals surface area contributed by atoms with Crippen LogP contribution >= 0.6 is 11.6 Å². The molecular formula is C12H10ClN3O. The topological polar surface area (TPSA) is 68.0 Å². The van der Waals surface area contributed by atoms with E-state index in [1.165, 1.54) is 0 Å². The van der Waals surface area contributed by atoms with E-state index in [4.69, 9.17) is 17.3 Å². The molecule has 1 aromatic heterocycles. The normalized spacial score (nSPS) is 9.94. The van der Waals surface area contributed by atoms with Crippen molar-refractivity contribution in [3.05, 3.63) is 53.2 Å². The van der Waals surface area contributed by atoms with Gasteiger partial charge in [0.2, 0.25) is 0 Å². The summed E-state index contributed by atoms with van der Waals surface area (Å²) in [4.78, 5) is 15.8. The fourth-order valence-electron chi connectivity index (χ4n) is 1.30. The molecule has 0 saturated heterocycles. The molecule has 0 aliphatic rings. The van der Waals surface area contributed by atoms with E-state index >= 15 is 0 Å². The molecule has 1 heterocycles. The second-order valence-corrected chi connectivity index (χ2v) is 3.81. The molecular weight excluding hydrogens is 238 g/mol. The first kappa shape index (κ1) is 11.4. The number of halogens is 1. The van der Waals surface area contributed by atoms with Gasteiger partial charge in [-0.05, 0) is 36.4 Å². The third-order valence-corrected chi connectivity index (χ3v) is 2.34. The summed E-state index contributed by atoms with van der Waals surface area (Å²) in [5.41, 5.74) is 6.67. The monoisotopic (exact) mass is 247 g/mol. The molecule has 1 aromatic carbocycles. The number of amides is 1. The minimum atomic E-state index is -0.250. The number of hydrogen-bond donors (Lipinski definition) is 2. The van der Waals surface area contributed by atoms with Gasteiger partial charge in [-0.2, -0.15) is 0 Å². The number of hydrogen-bond acceptors (Lipinski definition) is 3. The molecule has 1 amide bonds. The highest BCUT2D eigenvalue weighted by molar-refractivity contribution is 6.29. The number of rotatable bonds is 2. The number of anilines is 2. The number of nitrogens with two attached hydrogens (primary N) is 1. The maximum absolute atomic E-state index is 11.8. The Morgan fingerprint density at radius 1 is 1.18 bits per heavy atom. The highest BCUT2D eigenvalue weighted by atomic mass is 35.5. The largest absolute Gasteiger partial charge is 0.399 e. The fraction of sp³-hybridized carbons (Fsp3) is 0. The van der Waals surface area contributed by atoms with Crippen LogP contribution in [0, 0.1) is 0 Å². The van der Waals surface area contributed by atoms with E-state index in [0.717, 1.165) is 0 Å². The van der Waals surface area contributed by atoms with Gasteiger partial charge in [-0.1, -0.05) is 17.7 Å². The lowest BCUT2D eigenvalue weighted by molar-refractivity contribution is 0.102. The molecule has 4 nitrogen and oxygen atoms in total. The number of benzene rings is 1. The summed E-state index contributed by atoms with van der Waals surface area (Å²) in [6, 6.07) is 11.7. The van der Waals surface area contributed by atoms with E-state index in [-0.39, 0.29) is 5.91 Å². The molecule has 0 fully saturated rings. The first-order valence-corrected chi connectivity index (χ1v) is 5.32. The van der Waals surface area contributed by atoms with E-state index in [9.17, 15) is 4.79 Å². The van der Waals surface area contributed by atoms with Crippen LogP contribution in [0.25, 0.3) is 0 Å². The average Bonchev–Trinajstić information content (AvgIpc) is 2.29. The Labute approximate surface area is 103 Å². The summed E-state index contributed by atoms with van der Waals surface area (Å²) in [5, 5.41) is 2.98. The Hall–Kier alpha value is -2.07. The molecule has 2 rings (SSSR count). The van der Waals surface area contributed by atoms with Crippen LogP contribution in [0.3, 0.4) is 0 Å². The van der Waals surface area contributed by atoms with E-state index in [1.54, 1.807) is 42.5 Å². The van der Waals surface area contributed by atoms with Crippen molar-refractivity contribution >= 4 is 29.0 Å². The van der Waals surface area contributed by atoms with E-state index in [1.807, 2.05) is 0 Å². The van der Waals surface area contributed by atoms with Crippen molar-refractivity contribution in [1.82, 2.24) is 4.98 Å². The van der Waals surface area contributed by atoms with Gasteiger partial charge < -0.3 is 11.1 Å². The molecule has 0 radical (unpaired) electrons. The standard InChI is InChI=1S/C12H10ClN3O/c13-10-2-1-3-11(15-10)16-12(17)8-4-6-9(14)7-5-8/h1-7H,14H2,(H,15,16,17). The zero-order valence-electron chi connectivity index (χ0n) is 8.85. The van der Waals surface area contributed by atoms with Crippen LogP contribution in [0.4, 0.5) is 11.5 Å². The van der Waals surface area contributed by atoms with Crippen molar-refractivity contribution in [2.75, 3.05) is 11.1 Å². The van der Waals surface area contributed by atoms with Crippen LogP contribution in [0.15, 0.2) is 42.5 Å². The molecule has 0 unspecified atom stereocenters. The molecule has 0 saturated carbocycles. The van der Waals surface area contributed by atoms with Crippen LogP contribution in [-0.2, 0) is 0 Å². The summed E-state index contributed by atoms with van der Waals surface area (Å²) in [7, 11) is 0. The van der Waals surface area contributed by atoms with Gasteiger partial charge in [0, 0.05) is 11.3 Å². The maximum Gasteiger partial charge on any atom is 0.256 e. The first-order chi connectivity index (χ1) is 8.15. The SMILES string of the molecule is Nc1ccc(C(=O)Nc2cccc(Cl)n2)cc1. The summed E-state index contributed by atoms with van der Waals surface area (Å²) in [6.07, 6.45) is 0. The summed E-state index contributed by atoms with van der Waals surface area (Å²) < 4.78 is 0. The third kappa shape index (κ3) is 2.95. The molecule has 0 bridgehead atoms. The van der Waals surface area contributed by atoms with Gasteiger partial charge in [0.15, 0.2) is 0 Å². The molecule has 86 valence electrons. The van der Waals surface area contributed by atoms with Crippen molar-refractivity contribution < 1.29 is 4.79 Å². The quantitative estimate of drug-likeness (QED) is 0.633. The van der Waals surface area contributed by atoms with E-state index < -0.39 is 0 Å². The highest BCUT2D eigenvalue weighted by Gasteiger charge is 2.06. The molecule has 0 aliphatic heterocycles. The molecule has 0 atom stereocenters. The number of nitrogens with zero attached hydrogens (tertiary/aromatic N) is 1. The van der Waals surface area contributed by atoms with Crippen LogP contribution in [0.5, 0.6) is 0 Å². The first-order valence-electron chi connectivity index (χ1n) is 4.94. The number of nitrogens with one attached hydrogen (secondary N) is 1.